The van der Waals surface area contributed by atoms with E-state index >= 15 is 0 Å². The third-order valence-electron chi connectivity index (χ3n) is 2.16. The lowest BCUT2D eigenvalue weighted by Gasteiger charge is -2.17. The Kier molecular flexibility index (Phi) is 5.11. The molecule has 0 spiro atoms. The molecule has 1 rings (SSSR count). The van der Waals surface area contributed by atoms with Gasteiger partial charge in [0.1, 0.15) is 5.76 Å². The Morgan fingerprint density at radius 3 is 2.83 bits per heavy atom. The molecule has 0 saturated heterocycles. The number of carbonyl (C=O) groups is 1. The molecule has 100 valence electrons. The van der Waals surface area contributed by atoms with Gasteiger partial charge in [-0.05, 0) is 12.1 Å². The summed E-state index contributed by atoms with van der Waals surface area (Å²) in [6, 6.07) is 3.43. The SMILES string of the molecule is C=CCN(CC(=O)NCc1ccco1)S(C)(=O)=O. The molecule has 0 saturated carbocycles. The van der Waals surface area contributed by atoms with Crippen LogP contribution in [-0.4, -0.2) is 38.0 Å². The van der Waals surface area contributed by atoms with Crippen molar-refractivity contribution in [3.05, 3.63) is 36.8 Å². The van der Waals surface area contributed by atoms with Gasteiger partial charge in [-0.3, -0.25) is 4.79 Å². The normalized spacial score (nSPS) is 11.4. The molecule has 1 amide bonds. The summed E-state index contributed by atoms with van der Waals surface area (Å²) in [5, 5.41) is 2.57. The van der Waals surface area contributed by atoms with Gasteiger partial charge in [-0.15, -0.1) is 6.58 Å². The minimum absolute atomic E-state index is 0.104. The van der Waals surface area contributed by atoms with Crippen LogP contribution in [0.25, 0.3) is 0 Å². The number of sulfonamides is 1. The second kappa shape index (κ2) is 6.36. The van der Waals surface area contributed by atoms with Crippen molar-refractivity contribution in [1.82, 2.24) is 9.62 Å². The van der Waals surface area contributed by atoms with Crippen LogP contribution in [0.3, 0.4) is 0 Å². The number of hydrogen-bond acceptors (Lipinski definition) is 4. The molecule has 7 heteroatoms. The molecule has 0 aliphatic rings. The first-order valence-electron chi connectivity index (χ1n) is 5.28. The molecule has 6 nitrogen and oxygen atoms in total. The number of amides is 1. The number of furan rings is 1. The third-order valence-corrected chi connectivity index (χ3v) is 3.38. The van der Waals surface area contributed by atoms with E-state index in [0.717, 1.165) is 10.6 Å². The summed E-state index contributed by atoms with van der Waals surface area (Å²) in [5.41, 5.74) is 0. The zero-order valence-corrected chi connectivity index (χ0v) is 10.9. The van der Waals surface area contributed by atoms with Crippen LogP contribution < -0.4 is 5.32 Å². The zero-order valence-electron chi connectivity index (χ0n) is 10.1. The Bertz CT molecular complexity index is 493. The quantitative estimate of drug-likeness (QED) is 0.726. The van der Waals surface area contributed by atoms with Crippen LogP contribution in [0.4, 0.5) is 0 Å². The van der Waals surface area contributed by atoms with Crippen LogP contribution in [0.1, 0.15) is 5.76 Å². The van der Waals surface area contributed by atoms with Gasteiger partial charge < -0.3 is 9.73 Å². The highest BCUT2D eigenvalue weighted by Crippen LogP contribution is 2.00. The Balaban J connectivity index is 2.49. The summed E-state index contributed by atoms with van der Waals surface area (Å²) in [4.78, 5) is 11.6. The van der Waals surface area contributed by atoms with Crippen LogP contribution >= 0.6 is 0 Å². The maximum absolute atomic E-state index is 11.6. The smallest absolute Gasteiger partial charge is 0.235 e. The lowest BCUT2D eigenvalue weighted by atomic mass is 10.4. The highest BCUT2D eigenvalue weighted by atomic mass is 32.2. The largest absolute Gasteiger partial charge is 0.467 e. The molecular weight excluding hydrogens is 256 g/mol. The molecular formula is C11H16N2O4S. The van der Waals surface area contributed by atoms with Crippen molar-refractivity contribution in [3.8, 4) is 0 Å². The van der Waals surface area contributed by atoms with Gasteiger partial charge in [-0.2, -0.15) is 4.31 Å². The standard InChI is InChI=1S/C11H16N2O4S/c1-3-6-13(18(2,15)16)9-11(14)12-8-10-5-4-7-17-10/h3-5,7H,1,6,8-9H2,2H3,(H,12,14). The van der Waals surface area contributed by atoms with Crippen LogP contribution in [0.2, 0.25) is 0 Å². The van der Waals surface area contributed by atoms with Gasteiger partial charge in [-0.1, -0.05) is 6.08 Å². The summed E-state index contributed by atoms with van der Waals surface area (Å²) in [5.74, 6) is 0.219. The van der Waals surface area contributed by atoms with E-state index in [4.69, 9.17) is 4.42 Å². The fourth-order valence-corrected chi connectivity index (χ4v) is 2.00. The average molecular weight is 272 g/mol. The lowest BCUT2D eigenvalue weighted by molar-refractivity contribution is -0.121. The third kappa shape index (κ3) is 4.72. The van der Waals surface area contributed by atoms with Gasteiger partial charge in [0.25, 0.3) is 0 Å². The van der Waals surface area contributed by atoms with Crippen molar-refractivity contribution in [2.24, 2.45) is 0 Å². The van der Waals surface area contributed by atoms with Crippen molar-refractivity contribution in [1.29, 1.82) is 0 Å². The minimum Gasteiger partial charge on any atom is -0.467 e. The van der Waals surface area contributed by atoms with Crippen LogP contribution in [0.15, 0.2) is 35.5 Å². The van der Waals surface area contributed by atoms with E-state index in [9.17, 15) is 13.2 Å². The molecule has 0 aliphatic carbocycles. The number of nitrogens with one attached hydrogen (secondary N) is 1. The predicted octanol–water partition coefficient (Wildman–Crippen LogP) is 0.343. The van der Waals surface area contributed by atoms with E-state index in [1.165, 1.54) is 12.3 Å². The Morgan fingerprint density at radius 2 is 2.33 bits per heavy atom. The van der Waals surface area contributed by atoms with E-state index in [0.29, 0.717) is 5.76 Å². The topological polar surface area (TPSA) is 79.6 Å². The van der Waals surface area contributed by atoms with Gasteiger partial charge in [0.15, 0.2) is 0 Å². The molecule has 1 N–H and O–H groups in total. The van der Waals surface area contributed by atoms with Gasteiger partial charge >= 0.3 is 0 Å². The van der Waals surface area contributed by atoms with Crippen LogP contribution in [-0.2, 0) is 21.4 Å². The first kappa shape index (κ1) is 14.5. The number of hydrogen-bond donors (Lipinski definition) is 1. The van der Waals surface area contributed by atoms with Gasteiger partial charge in [0.2, 0.25) is 15.9 Å². The second-order valence-corrected chi connectivity index (χ2v) is 5.68. The van der Waals surface area contributed by atoms with E-state index in [2.05, 4.69) is 11.9 Å². The molecule has 0 fully saturated rings. The Morgan fingerprint density at radius 1 is 1.61 bits per heavy atom. The maximum atomic E-state index is 11.6. The molecule has 18 heavy (non-hydrogen) atoms. The molecule has 1 aromatic heterocycles. The highest BCUT2D eigenvalue weighted by molar-refractivity contribution is 7.88. The number of carbonyl (C=O) groups excluding carboxylic acids is 1. The lowest BCUT2D eigenvalue weighted by Crippen LogP contribution is -2.40. The van der Waals surface area contributed by atoms with Crippen molar-refractivity contribution >= 4 is 15.9 Å². The van der Waals surface area contributed by atoms with Crippen LogP contribution in [0, 0.1) is 0 Å². The van der Waals surface area contributed by atoms with Crippen molar-refractivity contribution in [3.63, 3.8) is 0 Å². The van der Waals surface area contributed by atoms with Crippen LogP contribution in [0.5, 0.6) is 0 Å². The maximum Gasteiger partial charge on any atom is 0.235 e. The van der Waals surface area contributed by atoms with E-state index < -0.39 is 15.9 Å². The molecule has 0 bridgehead atoms. The number of rotatable bonds is 7. The summed E-state index contributed by atoms with van der Waals surface area (Å²) in [7, 11) is -3.42. The van der Waals surface area contributed by atoms with E-state index in [1.807, 2.05) is 0 Å². The molecule has 1 heterocycles. The van der Waals surface area contributed by atoms with Gasteiger partial charge in [0.05, 0.1) is 25.6 Å². The molecule has 0 aromatic carbocycles. The summed E-state index contributed by atoms with van der Waals surface area (Å²) in [6.07, 6.45) is 3.99. The van der Waals surface area contributed by atoms with Gasteiger partial charge in [0, 0.05) is 6.54 Å². The molecule has 0 aliphatic heterocycles. The zero-order chi connectivity index (χ0) is 13.6. The average Bonchev–Trinajstić information content (AvgIpc) is 2.77. The fourth-order valence-electron chi connectivity index (χ4n) is 1.28. The Labute approximate surface area is 106 Å². The molecule has 0 radical (unpaired) electrons. The van der Waals surface area contributed by atoms with E-state index in [-0.39, 0.29) is 19.6 Å². The van der Waals surface area contributed by atoms with Crippen molar-refractivity contribution < 1.29 is 17.6 Å². The number of nitrogens with zero attached hydrogens (tertiary/aromatic N) is 1. The minimum atomic E-state index is -3.42. The van der Waals surface area contributed by atoms with Crippen molar-refractivity contribution in [2.75, 3.05) is 19.3 Å². The molecule has 0 unspecified atom stereocenters. The van der Waals surface area contributed by atoms with Crippen molar-refractivity contribution in [2.45, 2.75) is 6.54 Å². The second-order valence-electron chi connectivity index (χ2n) is 3.70. The molecule has 1 aromatic rings. The van der Waals surface area contributed by atoms with Gasteiger partial charge in [-0.25, -0.2) is 8.42 Å². The molecule has 0 atom stereocenters. The summed E-state index contributed by atoms with van der Waals surface area (Å²) in [6.45, 7) is 3.56. The summed E-state index contributed by atoms with van der Waals surface area (Å²) < 4.78 is 28.8. The first-order valence-corrected chi connectivity index (χ1v) is 7.13. The predicted molar refractivity (Wildman–Crippen MR) is 67.2 cm³/mol. The van der Waals surface area contributed by atoms with E-state index in [1.54, 1.807) is 12.1 Å². The Hall–Kier alpha value is -1.60. The highest BCUT2D eigenvalue weighted by Gasteiger charge is 2.18. The fraction of sp³-hybridized carbons (Fsp3) is 0.364. The summed E-state index contributed by atoms with van der Waals surface area (Å²) >= 11 is 0. The monoisotopic (exact) mass is 272 g/mol. The first-order chi connectivity index (χ1) is 8.43.